The Kier molecular flexibility index (Phi) is 4.61. The second kappa shape index (κ2) is 7.47. The van der Waals surface area contributed by atoms with Crippen LogP contribution < -0.4 is 0 Å². The number of carbonyl (C=O) groups excluding carboxylic acids is 1. The topological polar surface area (TPSA) is 36.2 Å². The predicted octanol–water partition coefficient (Wildman–Crippen LogP) is 8.44. The molecule has 0 spiro atoms. The fourth-order valence-corrected chi connectivity index (χ4v) is 5.40. The molecular weight excluding hydrogens is 488 g/mol. The maximum atomic E-state index is 13.3. The van der Waals surface area contributed by atoms with Gasteiger partial charge in [0.15, 0.2) is 0 Å². The minimum absolute atomic E-state index is 0.385. The molecule has 0 bridgehead atoms. The van der Waals surface area contributed by atoms with Crippen LogP contribution in [0, 0.1) is 0 Å². The summed E-state index contributed by atoms with van der Waals surface area (Å²) in [5, 5.41) is 4.44. The highest BCUT2D eigenvalue weighted by Gasteiger charge is 2.24. The van der Waals surface area contributed by atoms with Gasteiger partial charge in [0, 0.05) is 31.7 Å². The number of nitrogens with zero attached hydrogens (tertiary/aromatic N) is 2. The Morgan fingerprint density at radius 1 is 0.735 bits per heavy atom. The van der Waals surface area contributed by atoms with Gasteiger partial charge >= 0.3 is 6.09 Å². The zero-order chi connectivity index (χ0) is 23.6. The van der Waals surface area contributed by atoms with E-state index in [1.807, 2.05) is 39.0 Å². The molecule has 0 saturated heterocycles. The van der Waals surface area contributed by atoms with Crippen molar-refractivity contribution in [2.24, 2.45) is 0 Å². The number of ether oxygens (including phenoxy) is 1. The summed E-state index contributed by atoms with van der Waals surface area (Å²) < 4.78 is 10.6. The van der Waals surface area contributed by atoms with Crippen LogP contribution in [0.3, 0.4) is 0 Å². The molecule has 6 aromatic rings. The maximum absolute atomic E-state index is 13.3. The van der Waals surface area contributed by atoms with Crippen molar-refractivity contribution in [2.45, 2.75) is 26.4 Å². The van der Waals surface area contributed by atoms with Crippen molar-refractivity contribution in [3.05, 3.63) is 89.4 Å². The van der Waals surface area contributed by atoms with Crippen molar-refractivity contribution >= 4 is 65.6 Å². The lowest BCUT2D eigenvalue weighted by Gasteiger charge is -2.20. The van der Waals surface area contributed by atoms with Crippen LogP contribution >= 0.6 is 15.9 Å². The summed E-state index contributed by atoms with van der Waals surface area (Å²) in [5.41, 5.74) is 4.39. The van der Waals surface area contributed by atoms with Gasteiger partial charge in [0.2, 0.25) is 0 Å². The molecule has 0 amide bonds. The summed E-state index contributed by atoms with van der Waals surface area (Å²) in [7, 11) is 0. The molecule has 5 heteroatoms. The van der Waals surface area contributed by atoms with Crippen molar-refractivity contribution in [2.75, 3.05) is 0 Å². The lowest BCUT2D eigenvalue weighted by molar-refractivity contribution is 0.0551. The number of carbonyl (C=O) groups is 1. The van der Waals surface area contributed by atoms with Gasteiger partial charge < -0.3 is 9.30 Å². The summed E-state index contributed by atoms with van der Waals surface area (Å²) in [6.07, 6.45) is -0.385. The molecule has 0 atom stereocenters. The average molecular weight is 511 g/mol. The number of fused-ring (bicyclic) bond motifs is 6. The van der Waals surface area contributed by atoms with Gasteiger partial charge in [-0.25, -0.2) is 9.36 Å². The maximum Gasteiger partial charge on any atom is 0.419 e. The molecule has 4 aromatic carbocycles. The predicted molar refractivity (Wildman–Crippen MR) is 143 cm³/mol. The molecule has 2 aromatic heterocycles. The third-order valence-corrected chi connectivity index (χ3v) is 6.78. The molecule has 0 radical (unpaired) electrons. The first-order valence-electron chi connectivity index (χ1n) is 11.3. The van der Waals surface area contributed by atoms with E-state index in [4.69, 9.17) is 4.74 Å². The Labute approximate surface area is 205 Å². The Hall–Kier alpha value is -3.57. The molecule has 0 N–H and O–H groups in total. The fourth-order valence-electron chi connectivity index (χ4n) is 4.85. The number of para-hydroxylation sites is 3. The molecule has 6 rings (SSSR count). The first kappa shape index (κ1) is 21.0. The van der Waals surface area contributed by atoms with Crippen LogP contribution in [0.25, 0.3) is 49.3 Å². The lowest BCUT2D eigenvalue weighted by atomic mass is 10.1. The quantitative estimate of drug-likeness (QED) is 0.222. The third-order valence-electron chi connectivity index (χ3n) is 6.14. The van der Waals surface area contributed by atoms with E-state index in [1.165, 1.54) is 10.8 Å². The molecule has 0 saturated carbocycles. The third kappa shape index (κ3) is 3.15. The van der Waals surface area contributed by atoms with Crippen LogP contribution in [-0.2, 0) is 4.74 Å². The molecule has 2 heterocycles. The summed E-state index contributed by atoms with van der Waals surface area (Å²) >= 11 is 3.66. The van der Waals surface area contributed by atoms with Gasteiger partial charge in [0.1, 0.15) is 5.60 Å². The van der Waals surface area contributed by atoms with Crippen LogP contribution in [0.15, 0.2) is 89.4 Å². The number of halogens is 1. The van der Waals surface area contributed by atoms with Crippen LogP contribution in [0.1, 0.15) is 20.8 Å². The Bertz CT molecular complexity index is 1700. The monoisotopic (exact) mass is 510 g/mol. The summed E-state index contributed by atoms with van der Waals surface area (Å²) in [4.78, 5) is 13.3. The highest BCUT2D eigenvalue weighted by Crippen LogP contribution is 2.37. The number of rotatable bonds is 1. The van der Waals surface area contributed by atoms with Crippen molar-refractivity contribution < 1.29 is 9.53 Å². The second-order valence-electron chi connectivity index (χ2n) is 9.52. The molecular formula is C29H23BrN2O2. The van der Waals surface area contributed by atoms with Crippen molar-refractivity contribution in [1.29, 1.82) is 0 Å². The van der Waals surface area contributed by atoms with E-state index in [0.29, 0.717) is 0 Å². The Morgan fingerprint density at radius 2 is 1.35 bits per heavy atom. The summed E-state index contributed by atoms with van der Waals surface area (Å²) in [6, 6.07) is 29.2. The molecule has 0 unspecified atom stereocenters. The highest BCUT2D eigenvalue weighted by molar-refractivity contribution is 9.10. The number of aromatic nitrogens is 2. The van der Waals surface area contributed by atoms with E-state index in [9.17, 15) is 4.79 Å². The normalized spacial score (nSPS) is 12.2. The van der Waals surface area contributed by atoms with Crippen LogP contribution in [0.5, 0.6) is 0 Å². The zero-order valence-electron chi connectivity index (χ0n) is 19.2. The molecule has 0 aliphatic heterocycles. The minimum atomic E-state index is -0.593. The van der Waals surface area contributed by atoms with Crippen LogP contribution in [-0.4, -0.2) is 20.8 Å². The smallest absolute Gasteiger partial charge is 0.419 e. The van der Waals surface area contributed by atoms with Crippen LogP contribution in [0.4, 0.5) is 4.79 Å². The lowest BCUT2D eigenvalue weighted by Crippen LogP contribution is -2.27. The fraction of sp³-hybridized carbons (Fsp3) is 0.138. The van der Waals surface area contributed by atoms with E-state index in [1.54, 1.807) is 4.57 Å². The first-order chi connectivity index (χ1) is 16.3. The number of benzene rings is 4. The second-order valence-corrected chi connectivity index (χ2v) is 10.4. The highest BCUT2D eigenvalue weighted by atomic mass is 79.9. The summed E-state index contributed by atoms with van der Waals surface area (Å²) in [5.74, 6) is 0. The standard InChI is InChI=1S/C29H23BrN2O2/c1-29(2,3)34-28(33)32-26-16-15-18(17-22(26)21-11-8-12-23(30)27(21)32)31-24-13-6-4-9-19(24)20-10-5-7-14-25(20)31/h4-17H,1-3H3. The largest absolute Gasteiger partial charge is 0.443 e. The molecule has 4 nitrogen and oxygen atoms in total. The summed E-state index contributed by atoms with van der Waals surface area (Å²) in [6.45, 7) is 5.65. The minimum Gasteiger partial charge on any atom is -0.443 e. The van der Waals surface area contributed by atoms with Crippen molar-refractivity contribution in [3.63, 3.8) is 0 Å². The Balaban J connectivity index is 1.68. The molecule has 0 aliphatic rings. The van der Waals surface area contributed by atoms with Gasteiger partial charge in [-0.15, -0.1) is 0 Å². The van der Waals surface area contributed by atoms with Gasteiger partial charge in [-0.2, -0.15) is 0 Å². The number of hydrogen-bond donors (Lipinski definition) is 0. The Morgan fingerprint density at radius 3 is 2.00 bits per heavy atom. The first-order valence-corrected chi connectivity index (χ1v) is 12.1. The van der Waals surface area contributed by atoms with E-state index < -0.39 is 5.60 Å². The zero-order valence-corrected chi connectivity index (χ0v) is 20.8. The van der Waals surface area contributed by atoms with E-state index in [-0.39, 0.29) is 6.09 Å². The van der Waals surface area contributed by atoms with Gasteiger partial charge in [-0.3, -0.25) is 0 Å². The van der Waals surface area contributed by atoms with Crippen LogP contribution in [0.2, 0.25) is 0 Å². The van der Waals surface area contributed by atoms with Gasteiger partial charge in [-0.1, -0.05) is 48.5 Å². The van der Waals surface area contributed by atoms with Crippen molar-refractivity contribution in [3.8, 4) is 5.69 Å². The van der Waals surface area contributed by atoms with Crippen molar-refractivity contribution in [1.82, 2.24) is 9.13 Å². The van der Waals surface area contributed by atoms with E-state index in [0.717, 1.165) is 43.0 Å². The van der Waals surface area contributed by atoms with E-state index in [2.05, 4.69) is 87.2 Å². The molecule has 168 valence electrons. The van der Waals surface area contributed by atoms with Gasteiger partial charge in [-0.05, 0) is 73.1 Å². The molecule has 0 aliphatic carbocycles. The van der Waals surface area contributed by atoms with Gasteiger partial charge in [0.05, 0.1) is 22.1 Å². The molecule has 34 heavy (non-hydrogen) atoms. The number of hydrogen-bond acceptors (Lipinski definition) is 2. The van der Waals surface area contributed by atoms with Gasteiger partial charge in [0.25, 0.3) is 0 Å². The average Bonchev–Trinajstić information content (AvgIpc) is 3.32. The SMILES string of the molecule is CC(C)(C)OC(=O)n1c2ccc(-n3c4ccccc4c4ccccc43)cc2c2cccc(Br)c21. The molecule has 0 fully saturated rings. The van der Waals surface area contributed by atoms with E-state index >= 15 is 0 Å².